The van der Waals surface area contributed by atoms with Crippen LogP contribution in [0.25, 0.3) is 0 Å². The first-order valence-electron chi connectivity index (χ1n) is 6.74. The SMILES string of the molecule is CCC1CCCN(c2ccc(F)cc2C=O)CC1. The molecule has 1 aromatic carbocycles. The summed E-state index contributed by atoms with van der Waals surface area (Å²) in [7, 11) is 0. The predicted molar refractivity (Wildman–Crippen MR) is 71.6 cm³/mol. The van der Waals surface area contributed by atoms with Gasteiger partial charge < -0.3 is 4.90 Å². The molecule has 0 amide bonds. The third-order valence-electron chi connectivity index (χ3n) is 3.88. The van der Waals surface area contributed by atoms with Gasteiger partial charge in [0, 0.05) is 24.3 Å². The molecule has 1 heterocycles. The van der Waals surface area contributed by atoms with Gasteiger partial charge in [0.2, 0.25) is 0 Å². The van der Waals surface area contributed by atoms with Gasteiger partial charge in [-0.1, -0.05) is 13.3 Å². The molecule has 0 spiro atoms. The molecule has 1 aliphatic heterocycles. The third kappa shape index (κ3) is 2.89. The Kier molecular flexibility index (Phi) is 4.34. The normalized spacial score (nSPS) is 20.6. The summed E-state index contributed by atoms with van der Waals surface area (Å²) in [6, 6.07) is 4.49. The number of carbonyl (C=O) groups excluding carboxylic acids is 1. The number of nitrogens with zero attached hydrogens (tertiary/aromatic N) is 1. The molecule has 0 N–H and O–H groups in total. The number of anilines is 1. The lowest BCUT2D eigenvalue weighted by molar-refractivity contribution is 0.112. The van der Waals surface area contributed by atoms with Crippen molar-refractivity contribution in [3.05, 3.63) is 29.6 Å². The lowest BCUT2D eigenvalue weighted by Gasteiger charge is -2.24. The van der Waals surface area contributed by atoms with Crippen LogP contribution in [0.4, 0.5) is 10.1 Å². The second kappa shape index (κ2) is 5.98. The summed E-state index contributed by atoms with van der Waals surface area (Å²) < 4.78 is 13.1. The first-order valence-corrected chi connectivity index (χ1v) is 6.74. The van der Waals surface area contributed by atoms with Crippen LogP contribution in [-0.2, 0) is 0 Å². The van der Waals surface area contributed by atoms with E-state index in [4.69, 9.17) is 0 Å². The van der Waals surface area contributed by atoms with Crippen molar-refractivity contribution in [3.63, 3.8) is 0 Å². The maximum absolute atomic E-state index is 13.1. The maximum Gasteiger partial charge on any atom is 0.152 e. The van der Waals surface area contributed by atoms with Crippen LogP contribution < -0.4 is 4.90 Å². The largest absolute Gasteiger partial charge is 0.371 e. The van der Waals surface area contributed by atoms with Gasteiger partial charge in [-0.15, -0.1) is 0 Å². The quantitative estimate of drug-likeness (QED) is 0.762. The lowest BCUT2D eigenvalue weighted by atomic mass is 9.98. The number of hydrogen-bond donors (Lipinski definition) is 0. The Balaban J connectivity index is 2.18. The van der Waals surface area contributed by atoms with Gasteiger partial charge in [-0.2, -0.15) is 0 Å². The molecule has 0 aromatic heterocycles. The molecule has 3 heteroatoms. The molecule has 1 fully saturated rings. The van der Waals surface area contributed by atoms with E-state index in [0.717, 1.165) is 43.8 Å². The number of hydrogen-bond acceptors (Lipinski definition) is 2. The van der Waals surface area contributed by atoms with Crippen LogP contribution >= 0.6 is 0 Å². The minimum absolute atomic E-state index is 0.345. The van der Waals surface area contributed by atoms with Crippen LogP contribution in [0.3, 0.4) is 0 Å². The van der Waals surface area contributed by atoms with Gasteiger partial charge in [0.25, 0.3) is 0 Å². The third-order valence-corrected chi connectivity index (χ3v) is 3.88. The highest BCUT2D eigenvalue weighted by molar-refractivity contribution is 5.84. The first kappa shape index (κ1) is 13.1. The average molecular weight is 249 g/mol. The molecule has 98 valence electrons. The fourth-order valence-electron chi connectivity index (χ4n) is 2.72. The van der Waals surface area contributed by atoms with Crippen molar-refractivity contribution in [2.45, 2.75) is 32.6 Å². The molecule has 1 atom stereocenters. The van der Waals surface area contributed by atoms with E-state index in [1.165, 1.54) is 25.0 Å². The van der Waals surface area contributed by atoms with E-state index in [1.807, 2.05) is 0 Å². The Bertz CT molecular complexity index is 419. The van der Waals surface area contributed by atoms with Crippen LogP contribution in [-0.4, -0.2) is 19.4 Å². The highest BCUT2D eigenvalue weighted by Gasteiger charge is 2.18. The molecule has 0 bridgehead atoms. The average Bonchev–Trinajstić information content (AvgIpc) is 2.63. The molecular formula is C15H20FNO. The first-order chi connectivity index (χ1) is 8.74. The van der Waals surface area contributed by atoms with Crippen LogP contribution in [0, 0.1) is 11.7 Å². The van der Waals surface area contributed by atoms with E-state index in [0.29, 0.717) is 5.56 Å². The van der Waals surface area contributed by atoms with Crippen LogP contribution in [0.1, 0.15) is 43.0 Å². The van der Waals surface area contributed by atoms with Crippen molar-refractivity contribution in [1.82, 2.24) is 0 Å². The minimum atomic E-state index is -0.345. The predicted octanol–water partition coefficient (Wildman–Crippen LogP) is 3.65. The minimum Gasteiger partial charge on any atom is -0.371 e. The van der Waals surface area contributed by atoms with E-state index in [9.17, 15) is 9.18 Å². The Hall–Kier alpha value is -1.38. The van der Waals surface area contributed by atoms with Crippen molar-refractivity contribution < 1.29 is 9.18 Å². The molecule has 1 aliphatic rings. The maximum atomic E-state index is 13.1. The second-order valence-corrected chi connectivity index (χ2v) is 5.01. The van der Waals surface area contributed by atoms with Gasteiger partial charge in [0.05, 0.1) is 0 Å². The van der Waals surface area contributed by atoms with Gasteiger partial charge >= 0.3 is 0 Å². The fraction of sp³-hybridized carbons (Fsp3) is 0.533. The van der Waals surface area contributed by atoms with Crippen molar-refractivity contribution in [2.75, 3.05) is 18.0 Å². The summed E-state index contributed by atoms with van der Waals surface area (Å²) in [4.78, 5) is 13.3. The molecule has 1 saturated heterocycles. The topological polar surface area (TPSA) is 20.3 Å². The van der Waals surface area contributed by atoms with E-state index in [-0.39, 0.29) is 5.82 Å². The molecule has 0 aliphatic carbocycles. The number of halogens is 1. The van der Waals surface area contributed by atoms with Gasteiger partial charge in [0.15, 0.2) is 6.29 Å². The Morgan fingerprint density at radius 3 is 2.94 bits per heavy atom. The van der Waals surface area contributed by atoms with Crippen molar-refractivity contribution in [2.24, 2.45) is 5.92 Å². The van der Waals surface area contributed by atoms with E-state index in [1.54, 1.807) is 6.07 Å². The summed E-state index contributed by atoms with van der Waals surface area (Å²) in [5, 5.41) is 0. The standard InChI is InChI=1S/C15H20FNO/c1-2-12-4-3-8-17(9-7-12)15-6-5-14(16)10-13(15)11-18/h5-6,10-12H,2-4,7-9H2,1H3. The molecular weight excluding hydrogens is 229 g/mol. The summed E-state index contributed by atoms with van der Waals surface area (Å²) in [6.07, 6.45) is 5.53. The highest BCUT2D eigenvalue weighted by atomic mass is 19.1. The van der Waals surface area contributed by atoms with Crippen LogP contribution in [0.2, 0.25) is 0 Å². The van der Waals surface area contributed by atoms with Crippen LogP contribution in [0.5, 0.6) is 0 Å². The van der Waals surface area contributed by atoms with Gasteiger partial charge in [-0.05, 0) is 43.4 Å². The molecule has 0 radical (unpaired) electrons. The van der Waals surface area contributed by atoms with Crippen molar-refractivity contribution >= 4 is 12.0 Å². The summed E-state index contributed by atoms with van der Waals surface area (Å²) in [6.45, 7) is 4.16. The zero-order valence-electron chi connectivity index (χ0n) is 10.9. The van der Waals surface area contributed by atoms with Crippen LogP contribution in [0.15, 0.2) is 18.2 Å². The Morgan fingerprint density at radius 2 is 2.22 bits per heavy atom. The molecule has 0 saturated carbocycles. The lowest BCUT2D eigenvalue weighted by Crippen LogP contribution is -2.25. The van der Waals surface area contributed by atoms with E-state index >= 15 is 0 Å². The zero-order valence-corrected chi connectivity index (χ0v) is 10.9. The van der Waals surface area contributed by atoms with E-state index in [2.05, 4.69) is 11.8 Å². The Labute approximate surface area is 108 Å². The van der Waals surface area contributed by atoms with Gasteiger partial charge in [0.1, 0.15) is 5.82 Å². The highest BCUT2D eigenvalue weighted by Crippen LogP contribution is 2.26. The smallest absolute Gasteiger partial charge is 0.152 e. The number of carbonyl (C=O) groups is 1. The molecule has 2 nitrogen and oxygen atoms in total. The summed E-state index contributed by atoms with van der Waals surface area (Å²) in [5.74, 6) is 0.442. The number of rotatable bonds is 3. The monoisotopic (exact) mass is 249 g/mol. The molecule has 18 heavy (non-hydrogen) atoms. The Morgan fingerprint density at radius 1 is 1.39 bits per heavy atom. The van der Waals surface area contributed by atoms with Crippen molar-refractivity contribution in [3.8, 4) is 0 Å². The fourth-order valence-corrected chi connectivity index (χ4v) is 2.72. The molecule has 1 aromatic rings. The zero-order chi connectivity index (χ0) is 13.0. The number of benzene rings is 1. The summed E-state index contributed by atoms with van der Waals surface area (Å²) in [5.41, 5.74) is 1.34. The summed E-state index contributed by atoms with van der Waals surface area (Å²) >= 11 is 0. The van der Waals surface area contributed by atoms with Crippen molar-refractivity contribution in [1.29, 1.82) is 0 Å². The van der Waals surface area contributed by atoms with Gasteiger partial charge in [-0.25, -0.2) is 4.39 Å². The number of aldehydes is 1. The molecule has 2 rings (SSSR count). The van der Waals surface area contributed by atoms with Gasteiger partial charge in [-0.3, -0.25) is 4.79 Å². The molecule has 1 unspecified atom stereocenters. The second-order valence-electron chi connectivity index (χ2n) is 5.01. The van der Waals surface area contributed by atoms with E-state index < -0.39 is 0 Å².